The van der Waals surface area contributed by atoms with Crippen LogP contribution in [0.3, 0.4) is 0 Å². The normalized spacial score (nSPS) is 22.7. The molecule has 0 saturated heterocycles. The summed E-state index contributed by atoms with van der Waals surface area (Å²) in [6, 6.07) is 0. The molecule has 2 aromatic rings. The van der Waals surface area contributed by atoms with Crippen LogP contribution in [0.25, 0.3) is 11.0 Å². The third-order valence-electron chi connectivity index (χ3n) is 4.14. The number of aryl methyl sites for hydroxylation is 1. The number of phenols is 1. The van der Waals surface area contributed by atoms with E-state index in [0.29, 0.717) is 18.4 Å². The fourth-order valence-corrected chi connectivity index (χ4v) is 3.39. The summed E-state index contributed by atoms with van der Waals surface area (Å²) in [7, 11) is 0. The van der Waals surface area contributed by atoms with Crippen LogP contribution in [-0.2, 0) is 13.0 Å². The molecule has 0 fully saturated rings. The van der Waals surface area contributed by atoms with E-state index in [9.17, 15) is 15.3 Å². The number of benzene rings is 1. The van der Waals surface area contributed by atoms with Gasteiger partial charge in [0.15, 0.2) is 11.3 Å². The topological polar surface area (TPSA) is 73.8 Å². The van der Waals surface area contributed by atoms with E-state index in [-0.39, 0.29) is 18.3 Å². The maximum Gasteiger partial charge on any atom is 0.176 e. The van der Waals surface area contributed by atoms with Gasteiger partial charge >= 0.3 is 0 Å². The minimum atomic E-state index is -0.451. The highest BCUT2D eigenvalue weighted by Crippen LogP contribution is 2.45. The van der Waals surface area contributed by atoms with Crippen molar-refractivity contribution in [1.29, 1.82) is 0 Å². The molecule has 0 saturated carbocycles. The van der Waals surface area contributed by atoms with Gasteiger partial charge < -0.3 is 19.7 Å². The summed E-state index contributed by atoms with van der Waals surface area (Å²) in [5.74, 6) is 0.228. The second-order valence-electron chi connectivity index (χ2n) is 5.50. The van der Waals surface area contributed by atoms with E-state index < -0.39 is 6.10 Å². The Morgan fingerprint density at radius 2 is 2.16 bits per heavy atom. The van der Waals surface area contributed by atoms with Gasteiger partial charge in [-0.3, -0.25) is 0 Å². The summed E-state index contributed by atoms with van der Waals surface area (Å²) in [5.41, 5.74) is 3.85. The molecule has 1 aromatic carbocycles. The summed E-state index contributed by atoms with van der Waals surface area (Å²) in [6.45, 7) is 3.83. The van der Waals surface area contributed by atoms with E-state index in [0.717, 1.165) is 27.6 Å². The molecule has 0 amide bonds. The van der Waals surface area contributed by atoms with Gasteiger partial charge in [-0.15, -0.1) is 0 Å². The van der Waals surface area contributed by atoms with Crippen molar-refractivity contribution in [3.05, 3.63) is 28.5 Å². The van der Waals surface area contributed by atoms with Gasteiger partial charge in [0.2, 0.25) is 0 Å². The molecule has 1 aliphatic carbocycles. The highest BCUT2D eigenvalue weighted by Gasteiger charge is 2.31. The van der Waals surface area contributed by atoms with Crippen molar-refractivity contribution in [1.82, 2.24) is 0 Å². The second-order valence-corrected chi connectivity index (χ2v) is 5.50. The van der Waals surface area contributed by atoms with Crippen molar-refractivity contribution >= 4 is 11.0 Å². The number of phenolic OH excluding ortho intramolecular Hbond substituents is 1. The first-order valence-electron chi connectivity index (χ1n) is 6.57. The van der Waals surface area contributed by atoms with Crippen molar-refractivity contribution in [2.24, 2.45) is 0 Å². The molecule has 2 atom stereocenters. The average molecular weight is 262 g/mol. The lowest BCUT2D eigenvalue weighted by molar-refractivity contribution is 0.147. The van der Waals surface area contributed by atoms with Crippen LogP contribution in [0.4, 0.5) is 0 Å². The van der Waals surface area contributed by atoms with E-state index in [2.05, 4.69) is 0 Å². The molecule has 0 bridgehead atoms. The molecule has 3 rings (SSSR count). The van der Waals surface area contributed by atoms with Gasteiger partial charge in [-0.25, -0.2) is 0 Å². The van der Waals surface area contributed by atoms with Gasteiger partial charge in [-0.05, 0) is 36.0 Å². The summed E-state index contributed by atoms with van der Waals surface area (Å²) < 4.78 is 5.42. The van der Waals surface area contributed by atoms with Crippen molar-refractivity contribution in [3.8, 4) is 5.75 Å². The van der Waals surface area contributed by atoms with Crippen LogP contribution in [0, 0.1) is 6.92 Å². The summed E-state index contributed by atoms with van der Waals surface area (Å²) in [5, 5.41) is 30.8. The number of aromatic hydroxyl groups is 1. The smallest absolute Gasteiger partial charge is 0.176 e. The predicted molar refractivity (Wildman–Crippen MR) is 71.3 cm³/mol. The van der Waals surface area contributed by atoms with Gasteiger partial charge in [0.05, 0.1) is 19.0 Å². The monoisotopic (exact) mass is 262 g/mol. The summed E-state index contributed by atoms with van der Waals surface area (Å²) >= 11 is 0. The quantitative estimate of drug-likeness (QED) is 0.737. The van der Waals surface area contributed by atoms with Crippen LogP contribution in [0.15, 0.2) is 10.7 Å². The van der Waals surface area contributed by atoms with E-state index in [1.54, 1.807) is 6.26 Å². The molecule has 4 nitrogen and oxygen atoms in total. The van der Waals surface area contributed by atoms with Gasteiger partial charge in [-0.2, -0.15) is 0 Å². The fourth-order valence-electron chi connectivity index (χ4n) is 3.39. The molecule has 0 radical (unpaired) electrons. The lowest BCUT2D eigenvalue weighted by Gasteiger charge is -2.29. The second kappa shape index (κ2) is 4.25. The number of hydrogen-bond acceptors (Lipinski definition) is 4. The molecule has 102 valence electrons. The summed E-state index contributed by atoms with van der Waals surface area (Å²) in [4.78, 5) is 0. The molecule has 0 unspecified atom stereocenters. The average Bonchev–Trinajstić information content (AvgIpc) is 2.74. The van der Waals surface area contributed by atoms with Crippen LogP contribution in [-0.4, -0.2) is 21.4 Å². The van der Waals surface area contributed by atoms with Gasteiger partial charge in [0.25, 0.3) is 0 Å². The SMILES string of the molecule is Cc1coc2c(O)c3c(c(CO)c12)[C@@H](C)C[C@H](O)C3. The molecule has 1 aromatic heterocycles. The van der Waals surface area contributed by atoms with Gasteiger partial charge in [-0.1, -0.05) is 6.92 Å². The lowest BCUT2D eigenvalue weighted by atomic mass is 9.78. The number of aliphatic hydroxyl groups excluding tert-OH is 2. The maximum atomic E-state index is 10.4. The Morgan fingerprint density at radius 3 is 2.84 bits per heavy atom. The van der Waals surface area contributed by atoms with Crippen LogP contribution in [0.2, 0.25) is 0 Å². The first kappa shape index (κ1) is 12.5. The van der Waals surface area contributed by atoms with Crippen molar-refractivity contribution < 1.29 is 19.7 Å². The zero-order valence-corrected chi connectivity index (χ0v) is 11.1. The van der Waals surface area contributed by atoms with Crippen molar-refractivity contribution in [3.63, 3.8) is 0 Å². The third kappa shape index (κ3) is 1.67. The summed E-state index contributed by atoms with van der Waals surface area (Å²) in [6.07, 6.45) is 2.21. The lowest BCUT2D eigenvalue weighted by Crippen LogP contribution is -2.23. The van der Waals surface area contributed by atoms with Crippen LogP contribution in [0.1, 0.15) is 41.5 Å². The number of furan rings is 1. The zero-order valence-electron chi connectivity index (χ0n) is 11.1. The molecule has 1 heterocycles. The van der Waals surface area contributed by atoms with E-state index in [4.69, 9.17) is 4.42 Å². The van der Waals surface area contributed by atoms with Crippen LogP contribution >= 0.6 is 0 Å². The minimum absolute atomic E-state index is 0.0834. The Labute approximate surface area is 111 Å². The molecule has 1 aliphatic rings. The van der Waals surface area contributed by atoms with E-state index in [1.807, 2.05) is 13.8 Å². The molecule has 0 aliphatic heterocycles. The van der Waals surface area contributed by atoms with Crippen molar-refractivity contribution in [2.75, 3.05) is 0 Å². The molecule has 4 heteroatoms. The molecular formula is C15H18O4. The Kier molecular flexibility index (Phi) is 2.80. The van der Waals surface area contributed by atoms with Gasteiger partial charge in [0.1, 0.15) is 0 Å². The largest absolute Gasteiger partial charge is 0.504 e. The van der Waals surface area contributed by atoms with E-state index in [1.165, 1.54) is 0 Å². The molecule has 3 N–H and O–H groups in total. The highest BCUT2D eigenvalue weighted by molar-refractivity contribution is 5.92. The van der Waals surface area contributed by atoms with Crippen LogP contribution < -0.4 is 0 Å². The zero-order chi connectivity index (χ0) is 13.7. The minimum Gasteiger partial charge on any atom is -0.504 e. The highest BCUT2D eigenvalue weighted by atomic mass is 16.3. The number of aliphatic hydroxyl groups is 2. The van der Waals surface area contributed by atoms with E-state index >= 15 is 0 Å². The molecule has 0 spiro atoms. The Morgan fingerprint density at radius 1 is 1.42 bits per heavy atom. The Bertz CT molecular complexity index is 641. The molecular weight excluding hydrogens is 244 g/mol. The first-order valence-corrected chi connectivity index (χ1v) is 6.57. The Balaban J connectivity index is 2.42. The predicted octanol–water partition coefficient (Wildman–Crippen LogP) is 2.35. The number of hydrogen-bond donors (Lipinski definition) is 3. The maximum absolute atomic E-state index is 10.4. The Hall–Kier alpha value is -1.52. The molecule has 19 heavy (non-hydrogen) atoms. The standard InChI is InChI=1S/C15H18O4/c1-7-3-9(17)4-10-12(7)11(5-16)13-8(2)6-19-15(13)14(10)18/h6-7,9,16-18H,3-5H2,1-2H3/t7-,9-/m0/s1. The van der Waals surface area contributed by atoms with Crippen LogP contribution in [0.5, 0.6) is 5.75 Å². The third-order valence-corrected chi connectivity index (χ3v) is 4.14. The first-order chi connectivity index (χ1) is 9.04. The van der Waals surface area contributed by atoms with Crippen molar-refractivity contribution in [2.45, 2.75) is 45.3 Å². The van der Waals surface area contributed by atoms with Gasteiger partial charge in [0, 0.05) is 17.4 Å². The fraction of sp³-hybridized carbons (Fsp3) is 0.467. The number of rotatable bonds is 1. The number of fused-ring (bicyclic) bond motifs is 2.